The molecule has 11 heteroatoms. The van der Waals surface area contributed by atoms with Crippen molar-refractivity contribution in [3.63, 3.8) is 0 Å². The highest BCUT2D eigenvalue weighted by Crippen LogP contribution is 2.33. The van der Waals surface area contributed by atoms with Crippen LogP contribution in [0.3, 0.4) is 0 Å². The molecule has 2 atom stereocenters. The Morgan fingerprint density at radius 2 is 1.86 bits per heavy atom. The molecule has 44 heavy (non-hydrogen) atoms. The minimum Gasteiger partial charge on any atom is -0.506 e. The number of hydrogen-bond donors (Lipinski definition) is 5. The topological polar surface area (TPSA) is 156 Å². The fourth-order valence-corrected chi connectivity index (χ4v) is 6.34. The summed E-state index contributed by atoms with van der Waals surface area (Å²) in [6, 6.07) is 19.3. The van der Waals surface area contributed by atoms with Crippen LogP contribution in [0.2, 0.25) is 0 Å². The quantitative estimate of drug-likeness (QED) is 0.0880. The number of aromatic amines is 1. The maximum atomic E-state index is 11.8. The summed E-state index contributed by atoms with van der Waals surface area (Å²) in [5.41, 5.74) is 8.87. The van der Waals surface area contributed by atoms with Crippen LogP contribution in [-0.4, -0.2) is 53.9 Å². The number of aryl methyl sites for hydroxylation is 1. The first-order chi connectivity index (χ1) is 21.1. The first-order valence-electron chi connectivity index (χ1n) is 14.6. The first kappa shape index (κ1) is 33.0. The van der Waals surface area contributed by atoms with E-state index in [1.807, 2.05) is 44.2 Å². The van der Waals surface area contributed by atoms with Gasteiger partial charge in [-0.3, -0.25) is 4.79 Å². The number of H-pyrrole nitrogens is 1. The first-order valence-corrected chi connectivity index (χ1v) is 15.4. The predicted octanol–water partition coefficient (Wildman–Crippen LogP) is 4.81. The Balaban J connectivity index is 1.38. The highest BCUT2D eigenvalue weighted by Gasteiger charge is 2.33. The average molecular weight is 624 g/mol. The molecule has 2 unspecified atom stereocenters. The van der Waals surface area contributed by atoms with Gasteiger partial charge in [-0.1, -0.05) is 59.9 Å². The molecular formula is C33H41N3O7S. The summed E-state index contributed by atoms with van der Waals surface area (Å²) in [5, 5.41) is 24.1. The second kappa shape index (κ2) is 15.2. The van der Waals surface area contributed by atoms with Crippen molar-refractivity contribution in [2.24, 2.45) is 11.7 Å². The van der Waals surface area contributed by atoms with E-state index in [2.05, 4.69) is 28.5 Å². The van der Waals surface area contributed by atoms with Gasteiger partial charge in [0, 0.05) is 25.1 Å². The fourth-order valence-electron chi connectivity index (χ4n) is 5.42. The Morgan fingerprint density at radius 1 is 1.09 bits per heavy atom. The molecule has 6 N–H and O–H groups in total. The molecule has 10 nitrogen and oxygen atoms in total. The van der Waals surface area contributed by atoms with Gasteiger partial charge in [0.2, 0.25) is 0 Å². The van der Waals surface area contributed by atoms with Crippen LogP contribution in [0.25, 0.3) is 10.2 Å². The van der Waals surface area contributed by atoms with Crippen LogP contribution in [0.5, 0.6) is 11.5 Å². The molecule has 1 heterocycles. The van der Waals surface area contributed by atoms with Crippen molar-refractivity contribution >= 4 is 27.6 Å². The number of carbonyl (C=O) groups excluding carboxylic acids is 1. The van der Waals surface area contributed by atoms with Crippen molar-refractivity contribution in [3.05, 3.63) is 92.6 Å². The summed E-state index contributed by atoms with van der Waals surface area (Å²) in [6.45, 7) is 4.87. The van der Waals surface area contributed by atoms with Crippen LogP contribution in [-0.2, 0) is 28.7 Å². The van der Waals surface area contributed by atoms with E-state index < -0.39 is 17.8 Å². The van der Waals surface area contributed by atoms with Crippen molar-refractivity contribution in [1.29, 1.82) is 0 Å². The largest absolute Gasteiger partial charge is 0.506 e. The summed E-state index contributed by atoms with van der Waals surface area (Å²) in [4.78, 5) is 25.9. The van der Waals surface area contributed by atoms with E-state index in [0.717, 1.165) is 53.0 Å². The molecule has 4 rings (SSSR count). The number of para-hydroxylation sites is 1. The number of aromatic nitrogens is 1. The number of nitrogens with one attached hydrogen (secondary N) is 2. The number of rotatable bonds is 16. The van der Waals surface area contributed by atoms with E-state index in [0.29, 0.717) is 35.3 Å². The maximum Gasteiger partial charge on any atom is 0.405 e. The number of aliphatic hydroxyl groups excluding tert-OH is 1. The molecule has 0 saturated carbocycles. The van der Waals surface area contributed by atoms with Crippen LogP contribution in [0, 0.1) is 5.92 Å². The summed E-state index contributed by atoms with van der Waals surface area (Å²) >= 11 is 0.969. The number of methoxy groups -OCH3 is 1. The average Bonchev–Trinajstić information content (AvgIpc) is 3.38. The van der Waals surface area contributed by atoms with Crippen molar-refractivity contribution in [1.82, 2.24) is 10.3 Å². The van der Waals surface area contributed by atoms with Crippen LogP contribution in [0.1, 0.15) is 48.6 Å². The maximum absolute atomic E-state index is 11.8. The van der Waals surface area contributed by atoms with Gasteiger partial charge in [0.15, 0.2) is 6.79 Å². The third kappa shape index (κ3) is 8.82. The van der Waals surface area contributed by atoms with Crippen LogP contribution >= 0.6 is 11.3 Å². The third-order valence-corrected chi connectivity index (χ3v) is 8.69. The molecule has 4 aromatic rings. The van der Waals surface area contributed by atoms with Crippen LogP contribution in [0.15, 0.2) is 65.5 Å². The number of hydrogen-bond acceptors (Lipinski definition) is 9. The number of amides is 1. The van der Waals surface area contributed by atoms with Gasteiger partial charge in [-0.25, -0.2) is 4.79 Å². The van der Waals surface area contributed by atoms with Crippen molar-refractivity contribution < 1.29 is 29.2 Å². The van der Waals surface area contributed by atoms with Gasteiger partial charge in [-0.2, -0.15) is 0 Å². The van der Waals surface area contributed by atoms with Crippen LogP contribution in [0.4, 0.5) is 4.79 Å². The van der Waals surface area contributed by atoms with Gasteiger partial charge < -0.3 is 40.5 Å². The van der Waals surface area contributed by atoms with E-state index >= 15 is 0 Å². The van der Waals surface area contributed by atoms with Crippen molar-refractivity contribution in [2.45, 2.75) is 51.2 Å². The zero-order valence-corrected chi connectivity index (χ0v) is 26.1. The van der Waals surface area contributed by atoms with Crippen LogP contribution < -0.4 is 20.7 Å². The molecule has 0 fully saturated rings. The zero-order chi connectivity index (χ0) is 31.7. The smallest absolute Gasteiger partial charge is 0.405 e. The van der Waals surface area contributed by atoms with Gasteiger partial charge in [0.25, 0.3) is 0 Å². The number of primary amides is 1. The molecule has 0 spiro atoms. The van der Waals surface area contributed by atoms with E-state index in [1.54, 1.807) is 13.2 Å². The highest BCUT2D eigenvalue weighted by molar-refractivity contribution is 7.16. The number of phenols is 1. The number of carbonyl (C=O) groups is 1. The van der Waals surface area contributed by atoms with Gasteiger partial charge in [-0.05, 0) is 74.9 Å². The van der Waals surface area contributed by atoms with E-state index in [9.17, 15) is 19.8 Å². The molecule has 0 bridgehead atoms. The summed E-state index contributed by atoms with van der Waals surface area (Å²) in [6.07, 6.45) is 1.22. The Labute approximate surface area is 260 Å². The molecule has 0 aliphatic heterocycles. The summed E-state index contributed by atoms with van der Waals surface area (Å²) < 4.78 is 16.9. The number of aliphatic hydroxyl groups is 1. The number of phenolic OH excluding ortho intramolecular Hbond substituents is 1. The fraction of sp³-hybridized carbons (Fsp3) is 0.394. The minimum atomic E-state index is -0.839. The predicted molar refractivity (Wildman–Crippen MR) is 171 cm³/mol. The van der Waals surface area contributed by atoms with Crippen molar-refractivity contribution in [2.75, 3.05) is 27.0 Å². The highest BCUT2D eigenvalue weighted by atomic mass is 32.1. The van der Waals surface area contributed by atoms with Gasteiger partial charge >= 0.3 is 11.0 Å². The number of ether oxygens (including phenoxy) is 3. The van der Waals surface area contributed by atoms with Gasteiger partial charge in [0.05, 0.1) is 10.8 Å². The lowest BCUT2D eigenvalue weighted by molar-refractivity contribution is -0.00443. The molecule has 0 radical (unpaired) electrons. The number of fused-ring (bicyclic) bond motifs is 1. The zero-order valence-electron chi connectivity index (χ0n) is 25.3. The molecule has 0 saturated heterocycles. The SMILES string of the molecule is COCOc1ccccc1CCC(Cc1cccc(CCNCC(O)c2ccc(O)c3[nH]c(=O)sc23)c1)C(C)(C)OC(N)=O. The lowest BCUT2D eigenvalue weighted by Gasteiger charge is -2.34. The van der Waals surface area contributed by atoms with E-state index in [-0.39, 0.29) is 23.3 Å². The molecule has 3 aromatic carbocycles. The third-order valence-electron chi connectivity index (χ3n) is 7.76. The number of benzene rings is 3. The minimum absolute atomic E-state index is 0.0186. The lowest BCUT2D eigenvalue weighted by Crippen LogP contribution is -2.40. The number of aromatic hydroxyl groups is 1. The standard InChI is InChI=1S/C33H41N3O7S/c1-33(2,43-31(34)39)24(12-11-23-9-4-5-10-28(23)42-20-41-3)18-22-8-6-7-21(17-22)15-16-35-19-27(38)25-13-14-26(37)29-30(25)44-32(40)36-29/h4-10,13-14,17,24,27,35,37-38H,11-12,15-16,18-20H2,1-3H3,(H2,34,39)(H,36,40). The second-order valence-corrected chi connectivity index (χ2v) is 12.3. The molecule has 236 valence electrons. The van der Waals surface area contributed by atoms with Gasteiger partial charge in [0.1, 0.15) is 22.6 Å². The summed E-state index contributed by atoms with van der Waals surface area (Å²) in [7, 11) is 1.58. The molecule has 1 aromatic heterocycles. The van der Waals surface area contributed by atoms with Crippen molar-refractivity contribution in [3.8, 4) is 11.5 Å². The lowest BCUT2D eigenvalue weighted by atomic mass is 9.81. The Kier molecular flexibility index (Phi) is 11.4. The Morgan fingerprint density at radius 3 is 2.64 bits per heavy atom. The number of thiazole rings is 1. The van der Waals surface area contributed by atoms with E-state index in [1.165, 1.54) is 6.07 Å². The molecule has 0 aliphatic carbocycles. The van der Waals surface area contributed by atoms with E-state index in [4.69, 9.17) is 19.9 Å². The normalized spacial score (nSPS) is 13.1. The molecule has 0 aliphatic rings. The van der Waals surface area contributed by atoms with Gasteiger partial charge in [-0.15, -0.1) is 0 Å². The molecule has 1 amide bonds. The second-order valence-electron chi connectivity index (χ2n) is 11.3. The Bertz CT molecular complexity index is 1600. The Hall–Kier alpha value is -3.90. The molecular weight excluding hydrogens is 582 g/mol. The number of nitrogens with two attached hydrogens (primary N) is 1. The summed E-state index contributed by atoms with van der Waals surface area (Å²) in [5.74, 6) is 0.718. The monoisotopic (exact) mass is 623 g/mol.